The van der Waals surface area contributed by atoms with Gasteiger partial charge < -0.3 is 11.5 Å². The molecule has 0 atom stereocenters. The number of pyridine rings is 1. The van der Waals surface area contributed by atoms with Crippen LogP contribution in [0.4, 0.5) is 20.2 Å². The Morgan fingerprint density at radius 3 is 2.61 bits per heavy atom. The van der Waals surface area contributed by atoms with Crippen molar-refractivity contribution in [1.82, 2.24) is 4.98 Å². The summed E-state index contributed by atoms with van der Waals surface area (Å²) < 4.78 is 25.7. The molecule has 1 aromatic heterocycles. The van der Waals surface area contributed by atoms with Gasteiger partial charge in [-0.3, -0.25) is 4.98 Å². The Kier molecular flexibility index (Phi) is 3.18. The van der Waals surface area contributed by atoms with Crippen molar-refractivity contribution in [2.75, 3.05) is 5.73 Å². The van der Waals surface area contributed by atoms with Crippen LogP contribution < -0.4 is 11.5 Å². The first-order chi connectivity index (χ1) is 8.58. The summed E-state index contributed by atoms with van der Waals surface area (Å²) in [5, 5.41) is 0. The van der Waals surface area contributed by atoms with E-state index in [1.54, 1.807) is 12.1 Å². The lowest BCUT2D eigenvalue weighted by Gasteiger charge is -2.03. The standard InChI is InChI=1S/C12H10F2N4/c13-8-4-3-7(6-9(8)14)18-12(16)11-10(15)2-1-5-17-11/h1-6H,15H2,(H2,16,18). The summed E-state index contributed by atoms with van der Waals surface area (Å²) in [6, 6.07) is 6.51. The lowest BCUT2D eigenvalue weighted by Crippen LogP contribution is -2.16. The van der Waals surface area contributed by atoms with Gasteiger partial charge in [0.2, 0.25) is 0 Å². The van der Waals surface area contributed by atoms with E-state index in [0.29, 0.717) is 11.4 Å². The van der Waals surface area contributed by atoms with Crippen molar-refractivity contribution in [1.29, 1.82) is 0 Å². The van der Waals surface area contributed by atoms with Crippen molar-refractivity contribution in [2.45, 2.75) is 0 Å². The molecule has 0 amide bonds. The average Bonchev–Trinajstić information content (AvgIpc) is 2.34. The first-order valence-corrected chi connectivity index (χ1v) is 5.08. The zero-order valence-electron chi connectivity index (χ0n) is 9.27. The van der Waals surface area contributed by atoms with Crippen molar-refractivity contribution in [3.63, 3.8) is 0 Å². The van der Waals surface area contributed by atoms with Crippen LogP contribution in [0.1, 0.15) is 5.69 Å². The van der Waals surface area contributed by atoms with Crippen LogP contribution in [-0.4, -0.2) is 10.8 Å². The van der Waals surface area contributed by atoms with Gasteiger partial charge in [0.05, 0.1) is 11.4 Å². The number of anilines is 1. The quantitative estimate of drug-likeness (QED) is 0.630. The molecule has 2 aromatic rings. The number of rotatable bonds is 2. The summed E-state index contributed by atoms with van der Waals surface area (Å²) >= 11 is 0. The maximum Gasteiger partial charge on any atom is 0.160 e. The maximum absolute atomic E-state index is 13.0. The van der Waals surface area contributed by atoms with Crippen molar-refractivity contribution >= 4 is 17.2 Å². The van der Waals surface area contributed by atoms with E-state index < -0.39 is 11.6 Å². The minimum Gasteiger partial charge on any atom is -0.397 e. The number of nitrogens with two attached hydrogens (primary N) is 2. The molecular formula is C12H10F2N4. The highest BCUT2D eigenvalue weighted by atomic mass is 19.2. The normalized spacial score (nSPS) is 11.6. The first-order valence-electron chi connectivity index (χ1n) is 5.08. The van der Waals surface area contributed by atoms with Crippen LogP contribution in [0, 0.1) is 11.6 Å². The number of aromatic nitrogens is 1. The predicted molar refractivity (Wildman–Crippen MR) is 65.4 cm³/mol. The van der Waals surface area contributed by atoms with Crippen molar-refractivity contribution in [3.05, 3.63) is 53.9 Å². The van der Waals surface area contributed by atoms with Gasteiger partial charge in [-0.1, -0.05) is 0 Å². The number of halogens is 2. The molecule has 92 valence electrons. The van der Waals surface area contributed by atoms with E-state index in [1.807, 2.05) is 0 Å². The molecular weight excluding hydrogens is 238 g/mol. The third-order valence-corrected chi connectivity index (χ3v) is 2.23. The molecule has 0 aliphatic heterocycles. The fourth-order valence-electron chi connectivity index (χ4n) is 1.38. The molecule has 0 saturated carbocycles. The molecule has 4 N–H and O–H groups in total. The molecule has 18 heavy (non-hydrogen) atoms. The van der Waals surface area contributed by atoms with Gasteiger partial charge in [0.15, 0.2) is 17.5 Å². The molecule has 0 fully saturated rings. The van der Waals surface area contributed by atoms with Crippen molar-refractivity contribution in [3.8, 4) is 0 Å². The summed E-state index contributed by atoms with van der Waals surface area (Å²) in [4.78, 5) is 7.90. The van der Waals surface area contributed by atoms with Gasteiger partial charge in [-0.2, -0.15) is 0 Å². The summed E-state index contributed by atoms with van der Waals surface area (Å²) in [5.74, 6) is -1.89. The molecule has 2 rings (SSSR count). The van der Waals surface area contributed by atoms with E-state index in [4.69, 9.17) is 11.5 Å². The van der Waals surface area contributed by atoms with Crippen LogP contribution in [0.5, 0.6) is 0 Å². The second-order valence-electron chi connectivity index (χ2n) is 3.54. The second kappa shape index (κ2) is 4.79. The zero-order chi connectivity index (χ0) is 13.1. The fraction of sp³-hybridized carbons (Fsp3) is 0. The molecule has 1 heterocycles. The van der Waals surface area contributed by atoms with Crippen molar-refractivity contribution in [2.24, 2.45) is 10.7 Å². The molecule has 4 nitrogen and oxygen atoms in total. The molecule has 0 aliphatic rings. The topological polar surface area (TPSA) is 77.3 Å². The number of hydrogen-bond donors (Lipinski definition) is 2. The molecule has 0 aliphatic carbocycles. The van der Waals surface area contributed by atoms with E-state index in [-0.39, 0.29) is 11.5 Å². The number of hydrogen-bond acceptors (Lipinski definition) is 3. The number of amidine groups is 1. The molecule has 0 radical (unpaired) electrons. The lowest BCUT2D eigenvalue weighted by molar-refractivity contribution is 0.509. The summed E-state index contributed by atoms with van der Waals surface area (Å²) in [5.41, 5.74) is 12.2. The van der Waals surface area contributed by atoms with E-state index >= 15 is 0 Å². The number of benzene rings is 1. The Morgan fingerprint density at radius 1 is 1.17 bits per heavy atom. The Labute approximate surface area is 102 Å². The molecule has 6 heteroatoms. The van der Waals surface area contributed by atoms with Crippen LogP contribution in [0.15, 0.2) is 41.5 Å². The van der Waals surface area contributed by atoms with E-state index in [9.17, 15) is 8.78 Å². The smallest absolute Gasteiger partial charge is 0.160 e. The van der Waals surface area contributed by atoms with E-state index in [1.165, 1.54) is 12.3 Å². The molecule has 0 saturated heterocycles. The Hall–Kier alpha value is -2.50. The highest BCUT2D eigenvalue weighted by Crippen LogP contribution is 2.17. The monoisotopic (exact) mass is 248 g/mol. The minimum absolute atomic E-state index is 0.0408. The van der Waals surface area contributed by atoms with Crippen LogP contribution in [-0.2, 0) is 0 Å². The van der Waals surface area contributed by atoms with Gasteiger partial charge in [-0.15, -0.1) is 0 Å². The van der Waals surface area contributed by atoms with Crippen LogP contribution in [0.2, 0.25) is 0 Å². The Bertz CT molecular complexity index is 611. The van der Waals surface area contributed by atoms with Gasteiger partial charge in [0.25, 0.3) is 0 Å². The highest BCUT2D eigenvalue weighted by molar-refractivity contribution is 6.01. The summed E-state index contributed by atoms with van der Waals surface area (Å²) in [6.07, 6.45) is 1.51. The number of nitrogen functional groups attached to an aromatic ring is 1. The highest BCUT2D eigenvalue weighted by Gasteiger charge is 2.06. The number of aliphatic imine (C=N–C) groups is 1. The summed E-state index contributed by atoms with van der Waals surface area (Å²) in [7, 11) is 0. The van der Waals surface area contributed by atoms with Crippen LogP contribution in [0.25, 0.3) is 0 Å². The predicted octanol–water partition coefficient (Wildman–Crippen LogP) is 1.98. The van der Waals surface area contributed by atoms with Crippen LogP contribution >= 0.6 is 0 Å². The van der Waals surface area contributed by atoms with Gasteiger partial charge in [-0.25, -0.2) is 13.8 Å². The number of nitrogens with zero attached hydrogens (tertiary/aromatic N) is 2. The van der Waals surface area contributed by atoms with Crippen LogP contribution in [0.3, 0.4) is 0 Å². The van der Waals surface area contributed by atoms with Gasteiger partial charge in [-0.05, 0) is 24.3 Å². The lowest BCUT2D eigenvalue weighted by atomic mass is 10.2. The van der Waals surface area contributed by atoms with E-state index in [2.05, 4.69) is 9.98 Å². The molecule has 1 aromatic carbocycles. The van der Waals surface area contributed by atoms with E-state index in [0.717, 1.165) is 12.1 Å². The third kappa shape index (κ3) is 2.42. The Balaban J connectivity index is 2.39. The minimum atomic E-state index is -0.988. The van der Waals surface area contributed by atoms with Crippen molar-refractivity contribution < 1.29 is 8.78 Å². The fourth-order valence-corrected chi connectivity index (χ4v) is 1.38. The second-order valence-corrected chi connectivity index (χ2v) is 3.54. The summed E-state index contributed by atoms with van der Waals surface area (Å²) in [6.45, 7) is 0. The largest absolute Gasteiger partial charge is 0.397 e. The van der Waals surface area contributed by atoms with Gasteiger partial charge >= 0.3 is 0 Å². The molecule has 0 unspecified atom stereocenters. The Morgan fingerprint density at radius 2 is 1.94 bits per heavy atom. The van der Waals surface area contributed by atoms with Gasteiger partial charge in [0.1, 0.15) is 5.69 Å². The average molecular weight is 248 g/mol. The molecule has 0 bridgehead atoms. The third-order valence-electron chi connectivity index (χ3n) is 2.23. The molecule has 0 spiro atoms. The first kappa shape index (κ1) is 12.0. The maximum atomic E-state index is 13.0. The zero-order valence-corrected chi connectivity index (χ0v) is 9.27. The SMILES string of the molecule is NC(=Nc1ccc(F)c(F)c1)c1ncccc1N. The van der Waals surface area contributed by atoms with Gasteiger partial charge in [0, 0.05) is 12.3 Å².